The Morgan fingerprint density at radius 3 is 1.82 bits per heavy atom. The second kappa shape index (κ2) is 24.2. The van der Waals surface area contributed by atoms with E-state index >= 15 is 0 Å². The van der Waals surface area contributed by atoms with Gasteiger partial charge in [0.05, 0.1) is 31.8 Å². The summed E-state index contributed by atoms with van der Waals surface area (Å²) >= 11 is 0. The van der Waals surface area contributed by atoms with Gasteiger partial charge in [-0.15, -0.1) is 0 Å². The molecule has 49 heavy (non-hydrogen) atoms. The van der Waals surface area contributed by atoms with Crippen molar-refractivity contribution in [3.05, 3.63) is 24.3 Å². The average molecular weight is 742 g/mol. The van der Waals surface area contributed by atoms with Crippen molar-refractivity contribution in [3.63, 3.8) is 0 Å². The molecule has 0 aliphatic heterocycles. The number of hydrogen-bond donors (Lipinski definition) is 1. The predicted octanol–water partition coefficient (Wildman–Crippen LogP) is 10.9. The number of amides is 1. The van der Waals surface area contributed by atoms with Gasteiger partial charge in [0.2, 0.25) is 5.91 Å². The van der Waals surface area contributed by atoms with Crippen LogP contribution in [-0.4, -0.2) is 68.8 Å². The van der Waals surface area contributed by atoms with Crippen molar-refractivity contribution in [1.82, 2.24) is 5.32 Å². The van der Waals surface area contributed by atoms with E-state index in [1.165, 1.54) is 20.0 Å². The monoisotopic (exact) mass is 742 g/mol. The molecule has 1 N–H and O–H groups in total. The van der Waals surface area contributed by atoms with Gasteiger partial charge in [0, 0.05) is 18.9 Å². The molecule has 0 aromatic heterocycles. The smallest absolute Gasteiger partial charge is 0.305 e. The lowest BCUT2D eigenvalue weighted by atomic mass is 9.89. The number of esters is 1. The van der Waals surface area contributed by atoms with Crippen LogP contribution in [0.4, 0.5) is 0 Å². The standard InChI is InChI=1S/C39H79NO6Si3/c1-16-18-21-24-34(44-47(10,11)31(3)4)27-28-36(45-48(12,13)32(5)6)35(25-22-19-20-23-26-39(42)43-9)37(30-38(41)40-29-17-2)46-49(14,15)33(7)8/h19,22,27-28,31-37H,16-18,20-21,23-26,29-30H2,1-15H3,(H,40,41). The molecule has 4 unspecified atom stereocenters. The molecule has 0 aliphatic rings. The molecular weight excluding hydrogens is 663 g/mol. The molecule has 4 atom stereocenters. The molecule has 0 bridgehead atoms. The Labute approximate surface area is 306 Å². The van der Waals surface area contributed by atoms with Gasteiger partial charge >= 0.3 is 5.97 Å². The first-order valence-electron chi connectivity index (χ1n) is 19.4. The van der Waals surface area contributed by atoms with Gasteiger partial charge < -0.3 is 23.3 Å². The number of carbonyl (C=O) groups is 2. The number of allylic oxidation sites excluding steroid dienone is 2. The molecular formula is C39H79NO6Si3. The van der Waals surface area contributed by atoms with E-state index in [0.717, 1.165) is 32.1 Å². The lowest BCUT2D eigenvalue weighted by Gasteiger charge is -2.41. The minimum Gasteiger partial charge on any atom is -0.469 e. The lowest BCUT2D eigenvalue weighted by molar-refractivity contribution is -0.140. The van der Waals surface area contributed by atoms with Crippen molar-refractivity contribution in [3.8, 4) is 0 Å². The number of nitrogens with one attached hydrogen (secondary N) is 1. The van der Waals surface area contributed by atoms with Crippen LogP contribution in [0.3, 0.4) is 0 Å². The van der Waals surface area contributed by atoms with Crippen molar-refractivity contribution < 1.29 is 27.6 Å². The first-order valence-corrected chi connectivity index (χ1v) is 28.4. The SMILES string of the molecule is CCCCCC(C=CC(O[Si](C)(C)C(C)C)C(CC=CCCCC(=O)OC)C(CC(=O)NCCC)O[Si](C)(C)C(C)C)O[Si](C)(C)C(C)C. The van der Waals surface area contributed by atoms with Crippen LogP contribution in [0, 0.1) is 5.92 Å². The Morgan fingerprint density at radius 1 is 0.714 bits per heavy atom. The van der Waals surface area contributed by atoms with E-state index in [1.807, 2.05) is 0 Å². The van der Waals surface area contributed by atoms with Gasteiger partial charge in [-0.25, -0.2) is 0 Å². The van der Waals surface area contributed by atoms with E-state index in [4.69, 9.17) is 18.0 Å². The number of hydrogen-bond acceptors (Lipinski definition) is 6. The second-order valence-electron chi connectivity index (χ2n) is 16.4. The van der Waals surface area contributed by atoms with E-state index in [1.54, 1.807) is 0 Å². The summed E-state index contributed by atoms with van der Waals surface area (Å²) in [6.07, 6.45) is 16.7. The van der Waals surface area contributed by atoms with Crippen LogP contribution in [0.25, 0.3) is 0 Å². The third-order valence-corrected chi connectivity index (χ3v) is 21.6. The molecule has 0 saturated carbocycles. The van der Waals surface area contributed by atoms with Gasteiger partial charge in [-0.2, -0.15) is 0 Å². The van der Waals surface area contributed by atoms with Crippen LogP contribution in [0.1, 0.15) is 120 Å². The molecule has 0 spiro atoms. The normalized spacial score (nSPS) is 15.8. The van der Waals surface area contributed by atoms with Crippen LogP contribution in [0.5, 0.6) is 0 Å². The Bertz CT molecular complexity index is 980. The molecule has 0 saturated heterocycles. The predicted molar refractivity (Wildman–Crippen MR) is 217 cm³/mol. The fourth-order valence-electron chi connectivity index (χ4n) is 4.97. The number of rotatable bonds is 27. The van der Waals surface area contributed by atoms with Gasteiger partial charge in [-0.1, -0.05) is 99.0 Å². The summed E-state index contributed by atoms with van der Waals surface area (Å²) in [7, 11) is -4.78. The molecule has 0 fully saturated rings. The van der Waals surface area contributed by atoms with Crippen LogP contribution < -0.4 is 5.32 Å². The molecule has 288 valence electrons. The number of carbonyl (C=O) groups excluding carboxylic acids is 2. The van der Waals surface area contributed by atoms with E-state index in [9.17, 15) is 9.59 Å². The highest BCUT2D eigenvalue weighted by Gasteiger charge is 2.40. The Hall–Kier alpha value is -1.05. The van der Waals surface area contributed by atoms with Gasteiger partial charge in [-0.05, 0) is 88.0 Å². The fourth-order valence-corrected chi connectivity index (χ4v) is 8.75. The summed E-state index contributed by atoms with van der Waals surface area (Å²) in [5.74, 6) is -0.234. The van der Waals surface area contributed by atoms with E-state index in [0.29, 0.717) is 42.4 Å². The highest BCUT2D eigenvalue weighted by atomic mass is 28.4. The summed E-state index contributed by atoms with van der Waals surface area (Å²) in [5.41, 5.74) is 1.31. The maximum Gasteiger partial charge on any atom is 0.305 e. The quantitative estimate of drug-likeness (QED) is 0.0391. The van der Waals surface area contributed by atoms with Gasteiger partial charge in [0.1, 0.15) is 0 Å². The maximum absolute atomic E-state index is 13.4. The Kier molecular flexibility index (Phi) is 23.7. The number of methoxy groups -OCH3 is 1. The largest absolute Gasteiger partial charge is 0.469 e. The van der Waals surface area contributed by atoms with Crippen LogP contribution in [0.15, 0.2) is 24.3 Å². The molecule has 0 rings (SSSR count). The molecule has 0 aromatic carbocycles. The highest BCUT2D eigenvalue weighted by Crippen LogP contribution is 2.35. The third kappa shape index (κ3) is 20.0. The molecule has 0 radical (unpaired) electrons. The minimum atomic E-state index is -2.16. The number of unbranched alkanes of at least 4 members (excludes halogenated alkanes) is 3. The zero-order valence-electron chi connectivity index (χ0n) is 34.6. The zero-order chi connectivity index (χ0) is 37.8. The average Bonchev–Trinajstić information content (AvgIpc) is 3.00. The second-order valence-corrected chi connectivity index (χ2v) is 30.2. The Balaban J connectivity index is 7.10. The maximum atomic E-state index is 13.4. The van der Waals surface area contributed by atoms with Crippen LogP contribution in [0.2, 0.25) is 55.9 Å². The molecule has 0 aliphatic carbocycles. The van der Waals surface area contributed by atoms with Crippen molar-refractivity contribution in [2.75, 3.05) is 13.7 Å². The van der Waals surface area contributed by atoms with Crippen LogP contribution in [-0.2, 0) is 27.6 Å². The summed E-state index contributed by atoms with van der Waals surface area (Å²) in [4.78, 5) is 25.1. The van der Waals surface area contributed by atoms with Gasteiger partial charge in [0.15, 0.2) is 25.0 Å². The van der Waals surface area contributed by atoms with Crippen molar-refractivity contribution >= 4 is 36.8 Å². The summed E-state index contributed by atoms with van der Waals surface area (Å²) in [5, 5.41) is 3.12. The topological polar surface area (TPSA) is 83.1 Å². The number of ether oxygens (including phenoxy) is 1. The molecule has 10 heteroatoms. The van der Waals surface area contributed by atoms with E-state index in [2.05, 4.69) is 124 Å². The first-order chi connectivity index (χ1) is 22.7. The van der Waals surface area contributed by atoms with E-state index in [-0.39, 0.29) is 36.1 Å². The van der Waals surface area contributed by atoms with Gasteiger partial charge in [0.25, 0.3) is 0 Å². The lowest BCUT2D eigenvalue weighted by Crippen LogP contribution is -2.49. The molecule has 7 nitrogen and oxygen atoms in total. The van der Waals surface area contributed by atoms with Crippen molar-refractivity contribution in [2.24, 2.45) is 5.92 Å². The summed E-state index contributed by atoms with van der Waals surface area (Å²) in [6.45, 7) is 32.3. The summed E-state index contributed by atoms with van der Waals surface area (Å²) in [6, 6.07) is 0. The minimum absolute atomic E-state index is 0.0220. The zero-order valence-corrected chi connectivity index (χ0v) is 37.6. The van der Waals surface area contributed by atoms with Crippen molar-refractivity contribution in [2.45, 2.75) is 194 Å². The van der Waals surface area contributed by atoms with E-state index < -0.39 is 25.0 Å². The van der Waals surface area contributed by atoms with Gasteiger partial charge in [-0.3, -0.25) is 9.59 Å². The molecule has 0 aromatic rings. The highest BCUT2D eigenvalue weighted by molar-refractivity contribution is 6.73. The molecule has 1 amide bonds. The van der Waals surface area contributed by atoms with Crippen LogP contribution >= 0.6 is 0 Å². The van der Waals surface area contributed by atoms with Crippen molar-refractivity contribution in [1.29, 1.82) is 0 Å². The fraction of sp³-hybridized carbons (Fsp3) is 0.846. The first kappa shape index (κ1) is 48.0. The Morgan fingerprint density at radius 2 is 1.29 bits per heavy atom. The summed E-state index contributed by atoms with van der Waals surface area (Å²) < 4.78 is 26.2. The third-order valence-electron chi connectivity index (χ3n) is 10.5. The molecule has 0 heterocycles.